The molecule has 0 saturated carbocycles. The van der Waals surface area contributed by atoms with Gasteiger partial charge in [0.2, 0.25) is 0 Å². The van der Waals surface area contributed by atoms with E-state index in [1.807, 2.05) is 6.92 Å². The fourth-order valence-electron chi connectivity index (χ4n) is 1.07. The molecule has 14 heavy (non-hydrogen) atoms. The van der Waals surface area contributed by atoms with E-state index in [2.05, 4.69) is 9.59 Å². The molecule has 1 aromatic heterocycles. The lowest BCUT2D eigenvalue weighted by Crippen LogP contribution is -2.31. The van der Waals surface area contributed by atoms with Crippen molar-refractivity contribution in [1.29, 1.82) is 0 Å². The van der Waals surface area contributed by atoms with Gasteiger partial charge in [-0.05, 0) is 18.0 Å². The Hall–Kier alpha value is -1.01. The van der Waals surface area contributed by atoms with Gasteiger partial charge >= 0.3 is 0 Å². The Kier molecular flexibility index (Phi) is 3.97. The molecule has 0 atom stereocenters. The van der Waals surface area contributed by atoms with Crippen LogP contribution in [0.5, 0.6) is 0 Å². The first-order chi connectivity index (χ1) is 6.70. The molecule has 0 aliphatic rings. The molecule has 1 amide bonds. The molecule has 78 valence electrons. The normalized spacial score (nSPS) is 10.2. The van der Waals surface area contributed by atoms with Crippen molar-refractivity contribution < 1.29 is 4.79 Å². The van der Waals surface area contributed by atoms with Crippen LogP contribution >= 0.6 is 11.5 Å². The third-order valence-electron chi connectivity index (χ3n) is 1.90. The zero-order valence-electron chi connectivity index (χ0n) is 8.36. The van der Waals surface area contributed by atoms with Crippen LogP contribution in [0, 0.1) is 0 Å². The van der Waals surface area contributed by atoms with Crippen LogP contribution in [0.4, 0.5) is 0 Å². The van der Waals surface area contributed by atoms with Crippen LogP contribution < -0.4 is 5.73 Å². The van der Waals surface area contributed by atoms with E-state index in [0.29, 0.717) is 18.0 Å². The molecule has 0 fully saturated rings. The van der Waals surface area contributed by atoms with Gasteiger partial charge in [0.1, 0.15) is 4.88 Å². The van der Waals surface area contributed by atoms with Crippen molar-refractivity contribution >= 4 is 17.4 Å². The number of carbonyl (C=O) groups is 1. The molecular weight excluding hydrogens is 200 g/mol. The molecule has 0 unspecified atom stereocenters. The third kappa shape index (κ3) is 2.27. The van der Waals surface area contributed by atoms with E-state index in [9.17, 15) is 4.79 Å². The molecule has 5 nitrogen and oxygen atoms in total. The fourth-order valence-corrected chi connectivity index (χ4v) is 1.82. The summed E-state index contributed by atoms with van der Waals surface area (Å²) in [4.78, 5) is 14.0. The minimum Gasteiger partial charge on any atom is -0.340 e. The average Bonchev–Trinajstić information content (AvgIpc) is 2.64. The highest BCUT2D eigenvalue weighted by Crippen LogP contribution is 2.13. The van der Waals surface area contributed by atoms with Crippen LogP contribution in [0.15, 0.2) is 0 Å². The first-order valence-electron chi connectivity index (χ1n) is 4.47. The van der Waals surface area contributed by atoms with E-state index < -0.39 is 0 Å². The number of rotatable bonds is 4. The number of hydrogen-bond donors (Lipinski definition) is 1. The maximum atomic E-state index is 11.8. The molecule has 0 aliphatic carbocycles. The van der Waals surface area contributed by atoms with E-state index in [-0.39, 0.29) is 5.91 Å². The van der Waals surface area contributed by atoms with Crippen LogP contribution in [0.25, 0.3) is 0 Å². The molecule has 2 N–H and O–H groups in total. The number of likely N-dealkylation sites (N-methyl/N-ethyl adjacent to an activating group) is 1. The first kappa shape index (κ1) is 11.1. The summed E-state index contributed by atoms with van der Waals surface area (Å²) >= 11 is 1.14. The maximum Gasteiger partial charge on any atom is 0.267 e. The van der Waals surface area contributed by atoms with Crippen molar-refractivity contribution in [3.05, 3.63) is 10.6 Å². The van der Waals surface area contributed by atoms with Gasteiger partial charge in [0.15, 0.2) is 0 Å². The Labute approximate surface area is 87.1 Å². The number of hydrogen-bond acceptors (Lipinski definition) is 5. The summed E-state index contributed by atoms with van der Waals surface area (Å²) in [6.07, 6.45) is 0.730. The molecule has 0 aliphatic heterocycles. The minimum atomic E-state index is -0.0395. The van der Waals surface area contributed by atoms with Crippen molar-refractivity contribution in [2.24, 2.45) is 5.73 Å². The molecular formula is C8H14N4OS. The summed E-state index contributed by atoms with van der Waals surface area (Å²) in [6, 6.07) is 0. The van der Waals surface area contributed by atoms with Gasteiger partial charge in [0, 0.05) is 20.1 Å². The summed E-state index contributed by atoms with van der Waals surface area (Å²) in [5.41, 5.74) is 6.14. The molecule has 1 rings (SSSR count). The summed E-state index contributed by atoms with van der Waals surface area (Å²) in [5.74, 6) is -0.0395. The highest BCUT2D eigenvalue weighted by Gasteiger charge is 2.17. The van der Waals surface area contributed by atoms with Gasteiger partial charge in [-0.15, -0.1) is 5.10 Å². The predicted octanol–water partition coefficient (Wildman–Crippen LogP) is 0.131. The quantitative estimate of drug-likeness (QED) is 0.773. The zero-order chi connectivity index (χ0) is 10.6. The van der Waals surface area contributed by atoms with Gasteiger partial charge in [0.05, 0.1) is 5.69 Å². The van der Waals surface area contributed by atoms with Crippen molar-refractivity contribution in [2.45, 2.75) is 13.3 Å². The molecule has 1 aromatic rings. The number of carbonyl (C=O) groups excluding carboxylic acids is 1. The van der Waals surface area contributed by atoms with Gasteiger partial charge in [-0.2, -0.15) is 0 Å². The van der Waals surface area contributed by atoms with Crippen LogP contribution in [-0.4, -0.2) is 40.5 Å². The Morgan fingerprint density at radius 3 is 2.93 bits per heavy atom. The van der Waals surface area contributed by atoms with E-state index in [4.69, 9.17) is 5.73 Å². The first-order valence-corrected chi connectivity index (χ1v) is 5.24. The highest BCUT2D eigenvalue weighted by molar-refractivity contribution is 7.07. The van der Waals surface area contributed by atoms with Crippen LogP contribution in [-0.2, 0) is 6.42 Å². The lowest BCUT2D eigenvalue weighted by molar-refractivity contribution is 0.0802. The molecule has 0 radical (unpaired) electrons. The summed E-state index contributed by atoms with van der Waals surface area (Å²) in [6.45, 7) is 2.98. The largest absolute Gasteiger partial charge is 0.340 e. The predicted molar refractivity (Wildman–Crippen MR) is 55.3 cm³/mol. The molecule has 1 heterocycles. The maximum absolute atomic E-state index is 11.8. The zero-order valence-corrected chi connectivity index (χ0v) is 9.17. The summed E-state index contributed by atoms with van der Waals surface area (Å²) in [7, 11) is 1.73. The number of nitrogens with two attached hydrogens (primary N) is 1. The molecule has 0 saturated heterocycles. The van der Waals surface area contributed by atoms with Gasteiger partial charge in [-0.1, -0.05) is 11.4 Å². The van der Waals surface area contributed by atoms with E-state index in [1.54, 1.807) is 11.9 Å². The smallest absolute Gasteiger partial charge is 0.267 e. The molecule has 0 spiro atoms. The number of aryl methyl sites for hydroxylation is 1. The second-order valence-electron chi connectivity index (χ2n) is 2.92. The second-order valence-corrected chi connectivity index (χ2v) is 3.67. The van der Waals surface area contributed by atoms with Crippen molar-refractivity contribution in [3.63, 3.8) is 0 Å². The second kappa shape index (κ2) is 5.02. The van der Waals surface area contributed by atoms with Crippen molar-refractivity contribution in [1.82, 2.24) is 14.5 Å². The molecule has 0 bridgehead atoms. The number of amides is 1. The minimum absolute atomic E-state index is 0.0395. The van der Waals surface area contributed by atoms with Crippen LogP contribution in [0.1, 0.15) is 22.3 Å². The lowest BCUT2D eigenvalue weighted by atomic mass is 10.3. The van der Waals surface area contributed by atoms with Crippen LogP contribution in [0.3, 0.4) is 0 Å². The standard InChI is InChI=1S/C8H14N4OS/c1-3-6-7(14-11-10-6)8(13)12(2)5-4-9/h3-5,9H2,1-2H3. The molecule has 6 heteroatoms. The van der Waals surface area contributed by atoms with E-state index in [0.717, 1.165) is 23.6 Å². The van der Waals surface area contributed by atoms with Gasteiger partial charge in [0.25, 0.3) is 5.91 Å². The van der Waals surface area contributed by atoms with Gasteiger partial charge in [-0.3, -0.25) is 4.79 Å². The SMILES string of the molecule is CCc1nnsc1C(=O)N(C)CCN. The topological polar surface area (TPSA) is 72.1 Å². The Morgan fingerprint density at radius 2 is 2.36 bits per heavy atom. The average molecular weight is 214 g/mol. The van der Waals surface area contributed by atoms with E-state index in [1.165, 1.54) is 0 Å². The highest BCUT2D eigenvalue weighted by atomic mass is 32.1. The summed E-state index contributed by atoms with van der Waals surface area (Å²) in [5, 5.41) is 3.89. The fraction of sp³-hybridized carbons (Fsp3) is 0.625. The monoisotopic (exact) mass is 214 g/mol. The third-order valence-corrected chi connectivity index (χ3v) is 2.65. The molecule has 0 aromatic carbocycles. The van der Waals surface area contributed by atoms with Gasteiger partial charge < -0.3 is 10.6 Å². The Bertz CT molecular complexity index is 312. The lowest BCUT2D eigenvalue weighted by Gasteiger charge is -2.14. The van der Waals surface area contributed by atoms with Crippen molar-refractivity contribution in [3.8, 4) is 0 Å². The Morgan fingerprint density at radius 1 is 1.64 bits per heavy atom. The van der Waals surface area contributed by atoms with E-state index >= 15 is 0 Å². The van der Waals surface area contributed by atoms with Crippen LogP contribution in [0.2, 0.25) is 0 Å². The van der Waals surface area contributed by atoms with Gasteiger partial charge in [-0.25, -0.2) is 0 Å². The van der Waals surface area contributed by atoms with Crippen molar-refractivity contribution in [2.75, 3.05) is 20.1 Å². The number of aromatic nitrogens is 2. The number of nitrogens with zero attached hydrogens (tertiary/aromatic N) is 3. The Balaban J connectivity index is 2.78. The summed E-state index contributed by atoms with van der Waals surface area (Å²) < 4.78 is 3.77.